The molecular weight excluding hydrogens is 400 g/mol. The van der Waals surface area contributed by atoms with Gasteiger partial charge in [-0.2, -0.15) is 0 Å². The minimum atomic E-state index is -0.352. The van der Waals surface area contributed by atoms with Crippen LogP contribution in [0.15, 0.2) is 83.5 Å². The number of Topliss-reactive ketones (excluding diaryl/α,β-unsaturated/α-hetero) is 2. The highest BCUT2D eigenvalue weighted by atomic mass is 35.5. The molecule has 0 amide bonds. The van der Waals surface area contributed by atoms with Crippen molar-refractivity contribution in [1.82, 2.24) is 0 Å². The molecule has 3 aromatic rings. The first kappa shape index (κ1) is 19.7. The number of halogens is 1. The summed E-state index contributed by atoms with van der Waals surface area (Å²) in [6, 6.07) is 22.0. The maximum atomic E-state index is 12.8. The number of allylic oxidation sites excluding steroid dienone is 2. The predicted octanol–water partition coefficient (Wildman–Crippen LogP) is 5.25. The Balaban J connectivity index is 1.45. The third-order valence-corrected chi connectivity index (χ3v) is 5.23. The number of nitrogens with one attached hydrogen (secondary N) is 2. The van der Waals surface area contributed by atoms with Gasteiger partial charge in [-0.1, -0.05) is 48.0 Å². The molecule has 0 radical (unpaired) electrons. The first-order valence-corrected chi connectivity index (χ1v) is 9.76. The molecule has 3 aromatic carbocycles. The Morgan fingerprint density at radius 1 is 0.800 bits per heavy atom. The lowest BCUT2D eigenvalue weighted by molar-refractivity contribution is 0.0982. The van der Waals surface area contributed by atoms with Gasteiger partial charge in [0.25, 0.3) is 0 Å². The van der Waals surface area contributed by atoms with Crippen LogP contribution in [-0.4, -0.2) is 18.7 Å². The van der Waals surface area contributed by atoms with Gasteiger partial charge in [0, 0.05) is 29.0 Å². The lowest BCUT2D eigenvalue weighted by Crippen LogP contribution is -2.24. The molecule has 0 atom stereocenters. The van der Waals surface area contributed by atoms with Crippen molar-refractivity contribution >= 4 is 34.5 Å². The molecular formula is C24H19ClN2O3. The molecule has 0 aliphatic heterocycles. The Kier molecular flexibility index (Phi) is 5.55. The maximum absolute atomic E-state index is 12.8. The minimum absolute atomic E-state index is 0.0936. The van der Waals surface area contributed by atoms with E-state index < -0.39 is 0 Å². The van der Waals surface area contributed by atoms with Crippen LogP contribution in [0.4, 0.5) is 11.4 Å². The van der Waals surface area contributed by atoms with E-state index in [2.05, 4.69) is 10.6 Å². The van der Waals surface area contributed by atoms with Crippen LogP contribution in [0.3, 0.4) is 0 Å². The van der Waals surface area contributed by atoms with E-state index in [-0.39, 0.29) is 22.3 Å². The summed E-state index contributed by atoms with van der Waals surface area (Å²) in [5.41, 5.74) is 3.52. The lowest BCUT2D eigenvalue weighted by atomic mass is 9.92. The summed E-state index contributed by atoms with van der Waals surface area (Å²) in [6.45, 7) is 0.640. The number of carbonyl (C=O) groups excluding carboxylic acids is 2. The fourth-order valence-electron chi connectivity index (χ4n) is 3.22. The zero-order chi connectivity index (χ0) is 21.1. The molecule has 6 heteroatoms. The number of methoxy groups -OCH3 is 1. The van der Waals surface area contributed by atoms with Crippen LogP contribution in [0.5, 0.6) is 5.75 Å². The summed E-state index contributed by atoms with van der Waals surface area (Å²) in [5, 5.41) is 6.25. The molecule has 0 fully saturated rings. The molecule has 0 saturated heterocycles. The zero-order valence-electron chi connectivity index (χ0n) is 16.2. The summed E-state index contributed by atoms with van der Waals surface area (Å²) in [6.07, 6.45) is 0. The molecule has 150 valence electrons. The van der Waals surface area contributed by atoms with Crippen molar-refractivity contribution in [1.29, 1.82) is 0 Å². The van der Waals surface area contributed by atoms with Crippen molar-refractivity contribution in [3.05, 3.63) is 100 Å². The second kappa shape index (κ2) is 8.43. The van der Waals surface area contributed by atoms with Crippen molar-refractivity contribution in [2.75, 3.05) is 17.7 Å². The van der Waals surface area contributed by atoms with Crippen LogP contribution in [0.25, 0.3) is 0 Å². The van der Waals surface area contributed by atoms with Crippen molar-refractivity contribution in [2.24, 2.45) is 0 Å². The number of carbonyl (C=O) groups is 2. The van der Waals surface area contributed by atoms with E-state index in [1.807, 2.05) is 48.5 Å². The third kappa shape index (κ3) is 3.93. The first-order valence-electron chi connectivity index (χ1n) is 9.39. The van der Waals surface area contributed by atoms with Gasteiger partial charge < -0.3 is 15.4 Å². The average Bonchev–Trinajstić information content (AvgIpc) is 2.80. The normalized spacial score (nSPS) is 13.1. The topological polar surface area (TPSA) is 67.4 Å². The van der Waals surface area contributed by atoms with Crippen molar-refractivity contribution in [2.45, 2.75) is 6.54 Å². The smallest absolute Gasteiger partial charge is 0.211 e. The van der Waals surface area contributed by atoms with Crippen LogP contribution >= 0.6 is 11.6 Å². The van der Waals surface area contributed by atoms with Crippen molar-refractivity contribution < 1.29 is 14.3 Å². The lowest BCUT2D eigenvalue weighted by Gasteiger charge is -2.19. The van der Waals surface area contributed by atoms with Crippen LogP contribution in [0.1, 0.15) is 26.3 Å². The largest absolute Gasteiger partial charge is 0.497 e. The fraction of sp³-hybridized carbons (Fsp3) is 0.0833. The fourth-order valence-corrected chi connectivity index (χ4v) is 3.45. The predicted molar refractivity (Wildman–Crippen MR) is 118 cm³/mol. The van der Waals surface area contributed by atoms with E-state index in [9.17, 15) is 9.59 Å². The van der Waals surface area contributed by atoms with E-state index >= 15 is 0 Å². The molecule has 30 heavy (non-hydrogen) atoms. The Labute approximate surface area is 179 Å². The quantitative estimate of drug-likeness (QED) is 0.572. The van der Waals surface area contributed by atoms with E-state index in [1.165, 1.54) is 0 Å². The summed E-state index contributed by atoms with van der Waals surface area (Å²) in [5.74, 6) is 0.164. The van der Waals surface area contributed by atoms with Gasteiger partial charge in [0.15, 0.2) is 0 Å². The highest BCUT2D eigenvalue weighted by Crippen LogP contribution is 2.29. The van der Waals surface area contributed by atoms with Gasteiger partial charge in [-0.25, -0.2) is 0 Å². The van der Waals surface area contributed by atoms with Crippen LogP contribution in [0, 0.1) is 0 Å². The number of anilines is 2. The molecule has 0 spiro atoms. The molecule has 4 rings (SSSR count). The molecule has 0 saturated carbocycles. The molecule has 0 heterocycles. The van der Waals surface area contributed by atoms with Gasteiger partial charge in [0.05, 0.1) is 7.11 Å². The Bertz CT molecular complexity index is 1140. The van der Waals surface area contributed by atoms with Crippen LogP contribution in [0.2, 0.25) is 0 Å². The van der Waals surface area contributed by atoms with Gasteiger partial charge >= 0.3 is 0 Å². The van der Waals surface area contributed by atoms with Gasteiger partial charge in [0.1, 0.15) is 16.5 Å². The number of ketones is 2. The van der Waals surface area contributed by atoms with E-state index in [0.29, 0.717) is 23.4 Å². The number of benzene rings is 3. The Hall–Kier alpha value is -3.57. The second-order valence-electron chi connectivity index (χ2n) is 6.80. The van der Waals surface area contributed by atoms with Crippen LogP contribution in [-0.2, 0) is 6.54 Å². The Morgan fingerprint density at radius 2 is 1.40 bits per heavy atom. The molecule has 1 aliphatic rings. The minimum Gasteiger partial charge on any atom is -0.497 e. The summed E-state index contributed by atoms with van der Waals surface area (Å²) in [4.78, 5) is 25.3. The molecule has 0 aromatic heterocycles. The monoisotopic (exact) mass is 418 g/mol. The molecule has 5 nitrogen and oxygen atoms in total. The van der Waals surface area contributed by atoms with E-state index in [4.69, 9.17) is 16.3 Å². The van der Waals surface area contributed by atoms with Crippen LogP contribution < -0.4 is 15.4 Å². The number of ether oxygens (including phenoxy) is 1. The third-order valence-electron chi connectivity index (χ3n) is 4.87. The zero-order valence-corrected chi connectivity index (χ0v) is 17.0. The standard InChI is InChI=1S/C24H19ClN2O3/c1-30-18-12-10-16(11-13-18)26-14-15-6-8-17(9-7-15)27-22-21(25)23(28)19-4-2-3-5-20(19)24(22)29/h2-13,26-27H,14H2,1H3. The summed E-state index contributed by atoms with van der Waals surface area (Å²) in [7, 11) is 1.64. The van der Waals surface area contributed by atoms with Gasteiger partial charge in [-0.15, -0.1) is 0 Å². The Morgan fingerprint density at radius 3 is 2.03 bits per heavy atom. The highest BCUT2D eigenvalue weighted by molar-refractivity contribution is 6.50. The first-order chi connectivity index (χ1) is 14.6. The summed E-state index contributed by atoms with van der Waals surface area (Å²) < 4.78 is 5.16. The molecule has 0 unspecified atom stereocenters. The number of fused-ring (bicyclic) bond motifs is 1. The molecule has 0 bridgehead atoms. The molecule has 2 N–H and O–H groups in total. The SMILES string of the molecule is COc1ccc(NCc2ccc(NC3=C(Cl)C(=O)c4ccccc4C3=O)cc2)cc1. The van der Waals surface area contributed by atoms with Gasteiger partial charge in [-0.3, -0.25) is 9.59 Å². The van der Waals surface area contributed by atoms with E-state index in [1.54, 1.807) is 31.4 Å². The second-order valence-corrected chi connectivity index (χ2v) is 7.17. The average molecular weight is 419 g/mol. The maximum Gasteiger partial charge on any atom is 0.211 e. The van der Waals surface area contributed by atoms with Crippen molar-refractivity contribution in [3.63, 3.8) is 0 Å². The number of hydrogen-bond donors (Lipinski definition) is 2. The van der Waals surface area contributed by atoms with Crippen molar-refractivity contribution in [3.8, 4) is 5.75 Å². The number of hydrogen-bond acceptors (Lipinski definition) is 5. The highest BCUT2D eigenvalue weighted by Gasteiger charge is 2.31. The summed E-state index contributed by atoms with van der Waals surface area (Å²) >= 11 is 6.20. The van der Waals surface area contributed by atoms with E-state index in [0.717, 1.165) is 17.0 Å². The number of rotatable bonds is 6. The van der Waals surface area contributed by atoms with Gasteiger partial charge in [-0.05, 0) is 42.0 Å². The van der Waals surface area contributed by atoms with Gasteiger partial charge in [0.2, 0.25) is 11.6 Å². The molecule has 1 aliphatic carbocycles.